The van der Waals surface area contributed by atoms with Crippen LogP contribution in [0.15, 0.2) is 12.1 Å². The van der Waals surface area contributed by atoms with E-state index in [1.54, 1.807) is 11.1 Å². The Hall–Kier alpha value is -1.08. The fourth-order valence-electron chi connectivity index (χ4n) is 3.71. The van der Waals surface area contributed by atoms with Crippen LogP contribution in [0.25, 0.3) is 22.2 Å². The molecule has 3 rings (SSSR count). The van der Waals surface area contributed by atoms with Gasteiger partial charge in [0.15, 0.2) is 0 Å². The van der Waals surface area contributed by atoms with Crippen LogP contribution in [0.1, 0.15) is 65.5 Å². The largest absolute Gasteiger partial charge is 0.136 e. The Balaban J connectivity index is 2.47. The summed E-state index contributed by atoms with van der Waals surface area (Å²) in [5.41, 5.74) is 3.73. The summed E-state index contributed by atoms with van der Waals surface area (Å²) in [6, 6.07) is 4.97. The molecule has 0 unspecified atom stereocenters. The first kappa shape index (κ1) is 14.8. The molecule has 0 saturated carbocycles. The van der Waals surface area contributed by atoms with E-state index in [0.29, 0.717) is 10.8 Å². The summed E-state index contributed by atoms with van der Waals surface area (Å²) in [6.07, 6.45) is 7.07. The lowest BCUT2D eigenvalue weighted by Gasteiger charge is -2.41. The summed E-state index contributed by atoms with van der Waals surface area (Å²) in [4.78, 5) is 0. The van der Waals surface area contributed by atoms with Gasteiger partial charge in [0.25, 0.3) is 0 Å². The molecule has 0 bridgehead atoms. The van der Waals surface area contributed by atoms with E-state index in [1.807, 2.05) is 11.3 Å². The second kappa shape index (κ2) is 4.71. The third-order valence-corrected chi connectivity index (χ3v) is 6.51. The van der Waals surface area contributed by atoms with Crippen molar-refractivity contribution in [3.05, 3.63) is 33.0 Å². The van der Waals surface area contributed by atoms with Crippen LogP contribution in [0.4, 0.5) is 0 Å². The van der Waals surface area contributed by atoms with Crippen LogP contribution in [0.2, 0.25) is 0 Å². The molecule has 0 atom stereocenters. The average Bonchev–Trinajstić information content (AvgIpc) is 2.79. The van der Waals surface area contributed by atoms with Gasteiger partial charge >= 0.3 is 0 Å². The topological polar surface area (TPSA) is 0 Å². The molecule has 1 heterocycles. The second-order valence-electron chi connectivity index (χ2n) is 7.62. The van der Waals surface area contributed by atoms with Gasteiger partial charge in [-0.15, -0.1) is 11.3 Å². The van der Waals surface area contributed by atoms with Crippen molar-refractivity contribution in [3.63, 3.8) is 0 Å². The van der Waals surface area contributed by atoms with E-state index in [9.17, 15) is 0 Å². The molecule has 1 aliphatic rings. The Morgan fingerprint density at radius 1 is 0.905 bits per heavy atom. The third-order valence-electron chi connectivity index (χ3n) is 5.28. The zero-order valence-corrected chi connectivity index (χ0v) is 14.9. The molecule has 1 aliphatic carbocycles. The lowest BCUT2D eigenvalue weighted by atomic mass is 9.63. The van der Waals surface area contributed by atoms with Gasteiger partial charge in [-0.3, -0.25) is 0 Å². The van der Waals surface area contributed by atoms with Crippen molar-refractivity contribution in [2.75, 3.05) is 0 Å². The number of benzene rings is 1. The summed E-state index contributed by atoms with van der Waals surface area (Å²) in [7, 11) is 0. The van der Waals surface area contributed by atoms with E-state index in [1.165, 1.54) is 32.7 Å². The fourth-order valence-corrected chi connectivity index (χ4v) is 4.86. The minimum Gasteiger partial charge on any atom is -0.136 e. The summed E-state index contributed by atoms with van der Waals surface area (Å²) in [5, 5.41) is 2.86. The van der Waals surface area contributed by atoms with Crippen molar-refractivity contribution in [3.8, 4) is 0 Å². The minimum atomic E-state index is 0.294. The molecule has 0 spiro atoms. The van der Waals surface area contributed by atoms with Gasteiger partial charge in [-0.25, -0.2) is 0 Å². The van der Waals surface area contributed by atoms with Crippen molar-refractivity contribution < 1.29 is 0 Å². The predicted molar refractivity (Wildman–Crippen MR) is 96.6 cm³/mol. The quantitative estimate of drug-likeness (QED) is 0.652. The van der Waals surface area contributed by atoms with Gasteiger partial charge in [0.05, 0.1) is 0 Å². The summed E-state index contributed by atoms with van der Waals surface area (Å²) < 4.78 is 2.85. The van der Waals surface area contributed by atoms with E-state index in [2.05, 4.69) is 65.8 Å². The molecule has 2 aromatic rings. The van der Waals surface area contributed by atoms with Crippen LogP contribution in [-0.2, 0) is 10.8 Å². The maximum atomic E-state index is 2.49. The van der Waals surface area contributed by atoms with Crippen LogP contribution in [-0.4, -0.2) is 0 Å². The Bertz CT molecular complexity index is 816. The number of rotatable bonds is 0. The van der Waals surface area contributed by atoms with Gasteiger partial charge < -0.3 is 0 Å². The standard InChI is InChI=1S/C20H26S/c1-7-13-14-11-15-16(12-18(14)21-17(13)8-2)20(5,6)10-9-19(15,3)4/h7-8,11-12H,9-10H2,1-6H3/b13-7-,17-8+. The Morgan fingerprint density at radius 2 is 1.48 bits per heavy atom. The molecule has 21 heavy (non-hydrogen) atoms. The van der Waals surface area contributed by atoms with E-state index < -0.39 is 0 Å². The highest BCUT2D eigenvalue weighted by Crippen LogP contribution is 2.46. The highest BCUT2D eigenvalue weighted by molar-refractivity contribution is 7.17. The fraction of sp³-hybridized carbons (Fsp3) is 0.500. The molecule has 1 heteroatoms. The highest BCUT2D eigenvalue weighted by atomic mass is 32.1. The van der Waals surface area contributed by atoms with Gasteiger partial charge in [0.1, 0.15) is 0 Å². The smallest absolute Gasteiger partial charge is 0.0358 e. The van der Waals surface area contributed by atoms with Crippen molar-refractivity contribution in [1.29, 1.82) is 0 Å². The molecule has 0 amide bonds. The van der Waals surface area contributed by atoms with Gasteiger partial charge in [-0.1, -0.05) is 39.8 Å². The van der Waals surface area contributed by atoms with Crippen LogP contribution in [0, 0.1) is 0 Å². The zero-order valence-electron chi connectivity index (χ0n) is 14.1. The van der Waals surface area contributed by atoms with Gasteiger partial charge in [-0.2, -0.15) is 0 Å². The summed E-state index contributed by atoms with van der Waals surface area (Å²) in [5.74, 6) is 0. The van der Waals surface area contributed by atoms with E-state index in [-0.39, 0.29) is 0 Å². The molecular formula is C20H26S. The molecule has 1 aromatic heterocycles. The average molecular weight is 298 g/mol. The van der Waals surface area contributed by atoms with Crippen molar-refractivity contribution in [1.82, 2.24) is 0 Å². The van der Waals surface area contributed by atoms with E-state index >= 15 is 0 Å². The molecule has 0 nitrogen and oxygen atoms in total. The lowest BCUT2D eigenvalue weighted by molar-refractivity contribution is 0.332. The molecular weight excluding hydrogens is 272 g/mol. The van der Waals surface area contributed by atoms with E-state index in [0.717, 1.165) is 0 Å². The first-order chi connectivity index (χ1) is 9.80. The molecule has 112 valence electrons. The molecule has 1 aromatic carbocycles. The Morgan fingerprint density at radius 3 is 2.00 bits per heavy atom. The third kappa shape index (κ3) is 2.17. The summed E-state index contributed by atoms with van der Waals surface area (Å²) in [6.45, 7) is 13.9. The molecule has 0 radical (unpaired) electrons. The Kier molecular flexibility index (Phi) is 3.33. The van der Waals surface area contributed by atoms with Crippen molar-refractivity contribution in [2.45, 2.75) is 65.2 Å². The number of hydrogen-bond acceptors (Lipinski definition) is 1. The summed E-state index contributed by atoms with van der Waals surface area (Å²) >= 11 is 1.94. The number of hydrogen-bond donors (Lipinski definition) is 0. The van der Waals surface area contributed by atoms with Crippen LogP contribution >= 0.6 is 11.3 Å². The monoisotopic (exact) mass is 298 g/mol. The van der Waals surface area contributed by atoms with Crippen LogP contribution in [0.3, 0.4) is 0 Å². The van der Waals surface area contributed by atoms with Crippen molar-refractivity contribution >= 4 is 33.6 Å². The second-order valence-corrected chi connectivity index (χ2v) is 8.70. The van der Waals surface area contributed by atoms with Crippen LogP contribution < -0.4 is 9.75 Å². The van der Waals surface area contributed by atoms with Gasteiger partial charge in [0, 0.05) is 14.6 Å². The predicted octanol–water partition coefficient (Wildman–Crippen LogP) is 4.85. The van der Waals surface area contributed by atoms with Crippen LogP contribution in [0.5, 0.6) is 0 Å². The molecule has 0 saturated heterocycles. The van der Waals surface area contributed by atoms with E-state index in [4.69, 9.17) is 0 Å². The zero-order chi connectivity index (χ0) is 15.4. The van der Waals surface area contributed by atoms with Gasteiger partial charge in [0.2, 0.25) is 0 Å². The first-order valence-corrected chi connectivity index (χ1v) is 8.82. The maximum absolute atomic E-state index is 2.49. The molecule has 0 fully saturated rings. The molecule has 0 aliphatic heterocycles. The number of fused-ring (bicyclic) bond motifs is 2. The Labute approximate surface area is 132 Å². The van der Waals surface area contributed by atoms with Crippen molar-refractivity contribution in [2.24, 2.45) is 0 Å². The minimum absolute atomic E-state index is 0.294. The maximum Gasteiger partial charge on any atom is 0.0358 e. The lowest BCUT2D eigenvalue weighted by Crippen LogP contribution is -2.33. The highest BCUT2D eigenvalue weighted by Gasteiger charge is 2.37. The first-order valence-electron chi connectivity index (χ1n) is 8.00. The number of thiophene rings is 1. The molecule has 0 N–H and O–H groups in total. The SMILES string of the molecule is C/C=c1\c(=C/C)sc2cc3c(cc12)C(C)(C)CCC3(C)C. The normalized spacial score (nSPS) is 21.8. The van der Waals surface area contributed by atoms with Gasteiger partial charge in [-0.05, 0) is 66.0 Å².